The molecule has 0 spiro atoms. The first-order chi connectivity index (χ1) is 27.0. The lowest BCUT2D eigenvalue weighted by Gasteiger charge is -2.28. The van der Waals surface area contributed by atoms with Crippen LogP contribution in [-0.2, 0) is 5.41 Å². The second-order valence-corrected chi connectivity index (χ2v) is 15.8. The molecule has 258 valence electrons. The van der Waals surface area contributed by atoms with Crippen molar-refractivity contribution >= 4 is 93.6 Å². The van der Waals surface area contributed by atoms with E-state index in [0.717, 1.165) is 39.0 Å². The normalized spacial score (nSPS) is 13.8. The molecule has 4 aromatic heterocycles. The molecular formula is C51H33N3O. The Kier molecular flexibility index (Phi) is 5.42. The van der Waals surface area contributed by atoms with Crippen LogP contribution in [-0.4, -0.2) is 8.80 Å². The van der Waals surface area contributed by atoms with Gasteiger partial charge in [-0.05, 0) is 89.0 Å². The molecule has 12 aromatic rings. The van der Waals surface area contributed by atoms with Crippen LogP contribution >= 0.6 is 0 Å². The van der Waals surface area contributed by atoms with Gasteiger partial charge in [-0.15, -0.1) is 0 Å². The average Bonchev–Trinajstić information content (AvgIpc) is 3.94. The fourth-order valence-electron chi connectivity index (χ4n) is 10.2. The molecule has 4 nitrogen and oxygen atoms in total. The Balaban J connectivity index is 1.14. The molecule has 1 aliphatic rings. The van der Waals surface area contributed by atoms with Crippen LogP contribution in [0.25, 0.3) is 87.7 Å². The van der Waals surface area contributed by atoms with Crippen molar-refractivity contribution in [2.75, 3.05) is 4.90 Å². The highest BCUT2D eigenvalue weighted by Crippen LogP contribution is 2.51. The van der Waals surface area contributed by atoms with Crippen LogP contribution in [0.5, 0.6) is 0 Å². The van der Waals surface area contributed by atoms with Gasteiger partial charge in [-0.25, -0.2) is 0 Å². The lowest BCUT2D eigenvalue weighted by atomic mass is 9.82. The molecule has 0 amide bonds. The van der Waals surface area contributed by atoms with Crippen molar-refractivity contribution in [3.05, 3.63) is 175 Å². The number of furan rings is 1. The fraction of sp³-hybridized carbons (Fsp3) is 0.0588. The number of hydrogen-bond donors (Lipinski definition) is 0. The maximum Gasteiger partial charge on any atom is 0.135 e. The third-order valence-electron chi connectivity index (χ3n) is 12.6. The van der Waals surface area contributed by atoms with E-state index in [1.807, 2.05) is 6.07 Å². The SMILES string of the molecule is CC1(C)c2ccccc2-c2ccc(N(c3ccc4oc5ccccc5c4c3)c3ccc4c(c3)n3c5ccccc5c5ccc6c7ccccc7n4c6c53)cc21. The van der Waals surface area contributed by atoms with Gasteiger partial charge in [0.1, 0.15) is 11.2 Å². The number of anilines is 3. The smallest absolute Gasteiger partial charge is 0.135 e. The molecule has 8 aromatic carbocycles. The summed E-state index contributed by atoms with van der Waals surface area (Å²) in [5.74, 6) is 0. The van der Waals surface area contributed by atoms with E-state index in [1.165, 1.54) is 76.9 Å². The van der Waals surface area contributed by atoms with Gasteiger partial charge in [0.15, 0.2) is 0 Å². The maximum absolute atomic E-state index is 6.32. The van der Waals surface area contributed by atoms with Crippen LogP contribution in [0.3, 0.4) is 0 Å². The predicted molar refractivity (Wildman–Crippen MR) is 229 cm³/mol. The molecule has 1 aliphatic carbocycles. The van der Waals surface area contributed by atoms with Crippen molar-refractivity contribution in [3.63, 3.8) is 0 Å². The van der Waals surface area contributed by atoms with E-state index in [4.69, 9.17) is 4.42 Å². The third-order valence-corrected chi connectivity index (χ3v) is 12.6. The average molecular weight is 704 g/mol. The van der Waals surface area contributed by atoms with Crippen molar-refractivity contribution < 1.29 is 4.42 Å². The molecule has 0 fully saturated rings. The topological polar surface area (TPSA) is 25.2 Å². The highest BCUT2D eigenvalue weighted by molar-refractivity contribution is 6.25. The number of fused-ring (bicyclic) bond motifs is 15. The minimum atomic E-state index is -0.131. The Bertz CT molecular complexity index is 3590. The summed E-state index contributed by atoms with van der Waals surface area (Å²) in [7, 11) is 0. The molecule has 4 heteroatoms. The molecule has 55 heavy (non-hydrogen) atoms. The lowest BCUT2D eigenvalue weighted by molar-refractivity contribution is 0.660. The second-order valence-electron chi connectivity index (χ2n) is 15.8. The summed E-state index contributed by atoms with van der Waals surface area (Å²) in [4.78, 5) is 2.44. The lowest BCUT2D eigenvalue weighted by Crippen LogP contribution is -2.16. The van der Waals surface area contributed by atoms with Gasteiger partial charge in [0, 0.05) is 54.8 Å². The van der Waals surface area contributed by atoms with Gasteiger partial charge in [-0.1, -0.05) is 111 Å². The molecule has 0 unspecified atom stereocenters. The first-order valence-corrected chi connectivity index (χ1v) is 19.1. The van der Waals surface area contributed by atoms with Gasteiger partial charge in [-0.2, -0.15) is 0 Å². The highest BCUT2D eigenvalue weighted by Gasteiger charge is 2.36. The van der Waals surface area contributed by atoms with E-state index < -0.39 is 0 Å². The number of benzene rings is 8. The number of hydrogen-bond acceptors (Lipinski definition) is 2. The summed E-state index contributed by atoms with van der Waals surface area (Å²) in [6.07, 6.45) is 0. The monoisotopic (exact) mass is 703 g/mol. The van der Waals surface area contributed by atoms with Crippen LogP contribution in [0, 0.1) is 0 Å². The molecule has 0 saturated carbocycles. The van der Waals surface area contributed by atoms with Gasteiger partial charge in [0.05, 0.1) is 33.1 Å². The molecular weight excluding hydrogens is 671 g/mol. The first-order valence-electron chi connectivity index (χ1n) is 19.1. The summed E-state index contributed by atoms with van der Waals surface area (Å²) in [5, 5.41) is 7.33. The molecule has 0 N–H and O–H groups in total. The van der Waals surface area contributed by atoms with Crippen molar-refractivity contribution in [2.24, 2.45) is 0 Å². The van der Waals surface area contributed by atoms with Crippen LogP contribution in [0.4, 0.5) is 17.1 Å². The Morgan fingerprint density at radius 3 is 1.75 bits per heavy atom. The van der Waals surface area contributed by atoms with Gasteiger partial charge in [-0.3, -0.25) is 0 Å². The molecule has 4 heterocycles. The van der Waals surface area contributed by atoms with Crippen LogP contribution < -0.4 is 4.90 Å². The quantitative estimate of drug-likeness (QED) is 0.171. The van der Waals surface area contributed by atoms with Crippen LogP contribution in [0.2, 0.25) is 0 Å². The molecule has 0 radical (unpaired) electrons. The van der Waals surface area contributed by atoms with E-state index in [9.17, 15) is 0 Å². The van der Waals surface area contributed by atoms with Gasteiger partial charge in [0.2, 0.25) is 0 Å². The molecule has 0 atom stereocenters. The van der Waals surface area contributed by atoms with Crippen molar-refractivity contribution in [1.82, 2.24) is 8.80 Å². The minimum Gasteiger partial charge on any atom is -0.456 e. The Morgan fingerprint density at radius 2 is 0.964 bits per heavy atom. The standard InChI is InChI=1S/C51H33N3O/c1-51(2)41-15-7-3-11-33(41)34-22-19-31(28-42(34)51)52(30-21-26-48-40(27-30)37-14-6-10-18-47(37)55-48)32-20-25-45-46(29-32)54-44-17-9-5-13-36(44)39-24-23-38-35-12-4-8-16-43(35)53(45)49(38)50(39)54/h3-29H,1-2H3. The summed E-state index contributed by atoms with van der Waals surface area (Å²) in [6.45, 7) is 4.71. The van der Waals surface area contributed by atoms with E-state index in [1.54, 1.807) is 0 Å². The molecule has 13 rings (SSSR count). The first kappa shape index (κ1) is 29.4. The van der Waals surface area contributed by atoms with Crippen LogP contribution in [0.1, 0.15) is 25.0 Å². The van der Waals surface area contributed by atoms with E-state index in [0.29, 0.717) is 0 Å². The van der Waals surface area contributed by atoms with Crippen molar-refractivity contribution in [2.45, 2.75) is 19.3 Å². The summed E-state index contributed by atoms with van der Waals surface area (Å²) in [5.41, 5.74) is 17.6. The van der Waals surface area contributed by atoms with E-state index >= 15 is 0 Å². The summed E-state index contributed by atoms with van der Waals surface area (Å²) >= 11 is 0. The maximum atomic E-state index is 6.32. The van der Waals surface area contributed by atoms with Gasteiger partial charge >= 0.3 is 0 Å². The Morgan fingerprint density at radius 1 is 0.400 bits per heavy atom. The predicted octanol–water partition coefficient (Wildman–Crippen LogP) is 13.9. The minimum absolute atomic E-state index is 0.131. The second kappa shape index (κ2) is 10.1. The summed E-state index contributed by atoms with van der Waals surface area (Å²) < 4.78 is 11.3. The van der Waals surface area contributed by atoms with Gasteiger partial charge in [0.25, 0.3) is 0 Å². The third kappa shape index (κ3) is 3.66. The van der Waals surface area contributed by atoms with E-state index in [2.05, 4.69) is 185 Å². The zero-order chi connectivity index (χ0) is 36.2. The van der Waals surface area contributed by atoms with Crippen LogP contribution in [0.15, 0.2) is 168 Å². The molecule has 0 aliphatic heterocycles. The van der Waals surface area contributed by atoms with Crippen molar-refractivity contribution in [1.29, 1.82) is 0 Å². The largest absolute Gasteiger partial charge is 0.456 e. The Labute approximate surface area is 316 Å². The number of nitrogens with zero attached hydrogens (tertiary/aromatic N) is 3. The highest BCUT2D eigenvalue weighted by atomic mass is 16.3. The van der Waals surface area contributed by atoms with Gasteiger partial charge < -0.3 is 18.1 Å². The zero-order valence-corrected chi connectivity index (χ0v) is 30.3. The zero-order valence-electron chi connectivity index (χ0n) is 30.3. The molecule has 0 bridgehead atoms. The summed E-state index contributed by atoms with van der Waals surface area (Å²) in [6, 6.07) is 60.3. The number of para-hydroxylation sites is 3. The molecule has 0 saturated heterocycles. The Hall–Kier alpha value is -7.04. The number of aromatic nitrogens is 2. The number of rotatable bonds is 3. The fourth-order valence-corrected chi connectivity index (χ4v) is 10.2. The van der Waals surface area contributed by atoms with Crippen molar-refractivity contribution in [3.8, 4) is 11.1 Å². The van der Waals surface area contributed by atoms with E-state index in [-0.39, 0.29) is 5.41 Å².